The summed E-state index contributed by atoms with van der Waals surface area (Å²) in [5, 5.41) is 9.46. The highest BCUT2D eigenvalue weighted by molar-refractivity contribution is 5.83. The molecule has 5 nitrogen and oxygen atoms in total. The van der Waals surface area contributed by atoms with E-state index in [1.54, 1.807) is 16.8 Å². The Labute approximate surface area is 120 Å². The van der Waals surface area contributed by atoms with Gasteiger partial charge >= 0.3 is 12.0 Å². The first-order chi connectivity index (χ1) is 9.56. The van der Waals surface area contributed by atoms with Crippen LogP contribution in [0.3, 0.4) is 0 Å². The number of nitrogens with zero attached hydrogens (tertiary/aromatic N) is 2. The van der Waals surface area contributed by atoms with Gasteiger partial charge in [-0.2, -0.15) is 0 Å². The average Bonchev–Trinajstić information content (AvgIpc) is 2.97. The number of carboxylic acids is 1. The third-order valence-corrected chi connectivity index (χ3v) is 4.81. The summed E-state index contributed by atoms with van der Waals surface area (Å²) in [5.74, 6) is -0.278. The zero-order valence-electron chi connectivity index (χ0n) is 12.5. The van der Waals surface area contributed by atoms with Gasteiger partial charge in [0.1, 0.15) is 6.04 Å². The molecule has 2 rings (SSSR count). The molecular formula is C15H26N2O3. The second kappa shape index (κ2) is 6.46. The third kappa shape index (κ3) is 2.91. The number of rotatable bonds is 5. The highest BCUT2D eigenvalue weighted by atomic mass is 16.4. The van der Waals surface area contributed by atoms with E-state index in [0.29, 0.717) is 19.0 Å². The number of aliphatic carboxylic acids is 1. The molecule has 0 bridgehead atoms. The van der Waals surface area contributed by atoms with Crippen LogP contribution in [0.1, 0.15) is 45.4 Å². The van der Waals surface area contributed by atoms with Crippen molar-refractivity contribution in [3.8, 4) is 0 Å². The SMILES string of the molecule is CCCCCN(C)C(=O)N1CC2CCCC2C1C(=O)O. The molecule has 1 aliphatic heterocycles. The molecule has 0 aromatic rings. The summed E-state index contributed by atoms with van der Waals surface area (Å²) >= 11 is 0. The Balaban J connectivity index is 1.99. The van der Waals surface area contributed by atoms with E-state index in [1.165, 1.54) is 0 Å². The van der Waals surface area contributed by atoms with E-state index in [-0.39, 0.29) is 11.9 Å². The number of likely N-dealkylation sites (tertiary alicyclic amines) is 1. The summed E-state index contributed by atoms with van der Waals surface area (Å²) in [6.45, 7) is 3.47. The van der Waals surface area contributed by atoms with Crippen molar-refractivity contribution in [3.63, 3.8) is 0 Å². The van der Waals surface area contributed by atoms with Gasteiger partial charge in [0.2, 0.25) is 0 Å². The van der Waals surface area contributed by atoms with Gasteiger partial charge in [0.25, 0.3) is 0 Å². The molecule has 114 valence electrons. The average molecular weight is 282 g/mol. The topological polar surface area (TPSA) is 60.9 Å². The molecule has 1 heterocycles. The van der Waals surface area contributed by atoms with Gasteiger partial charge in [-0.05, 0) is 31.1 Å². The summed E-state index contributed by atoms with van der Waals surface area (Å²) in [5.41, 5.74) is 0. The van der Waals surface area contributed by atoms with Crippen LogP contribution in [0.2, 0.25) is 0 Å². The van der Waals surface area contributed by atoms with E-state index in [4.69, 9.17) is 0 Å². The quantitative estimate of drug-likeness (QED) is 0.788. The summed E-state index contributed by atoms with van der Waals surface area (Å²) in [6.07, 6.45) is 6.33. The number of urea groups is 1. The maximum Gasteiger partial charge on any atom is 0.326 e. The number of hydrogen-bond donors (Lipinski definition) is 1. The first kappa shape index (κ1) is 15.1. The van der Waals surface area contributed by atoms with Crippen molar-refractivity contribution >= 4 is 12.0 Å². The summed E-state index contributed by atoms with van der Waals surface area (Å²) in [4.78, 5) is 27.3. The second-order valence-corrected chi connectivity index (χ2v) is 6.20. The van der Waals surface area contributed by atoms with E-state index in [9.17, 15) is 14.7 Å². The normalized spacial score (nSPS) is 28.5. The fourth-order valence-electron chi connectivity index (χ4n) is 3.73. The molecule has 0 spiro atoms. The molecule has 2 fully saturated rings. The Morgan fingerprint density at radius 1 is 1.30 bits per heavy atom. The fourth-order valence-corrected chi connectivity index (χ4v) is 3.73. The van der Waals surface area contributed by atoms with Crippen LogP contribution in [0.25, 0.3) is 0 Å². The van der Waals surface area contributed by atoms with Gasteiger partial charge in [-0.25, -0.2) is 9.59 Å². The van der Waals surface area contributed by atoms with Gasteiger partial charge in [0, 0.05) is 20.1 Å². The van der Waals surface area contributed by atoms with Crippen molar-refractivity contribution in [3.05, 3.63) is 0 Å². The van der Waals surface area contributed by atoms with E-state index in [1.807, 2.05) is 0 Å². The first-order valence-electron chi connectivity index (χ1n) is 7.80. The van der Waals surface area contributed by atoms with Crippen molar-refractivity contribution in [1.82, 2.24) is 9.80 Å². The van der Waals surface area contributed by atoms with Crippen LogP contribution in [0, 0.1) is 11.8 Å². The summed E-state index contributed by atoms with van der Waals surface area (Å²) in [6, 6.07) is -0.716. The molecule has 0 aromatic heterocycles. The minimum absolute atomic E-state index is 0.108. The van der Waals surface area contributed by atoms with Crippen LogP contribution in [0.5, 0.6) is 0 Å². The first-order valence-corrected chi connectivity index (χ1v) is 7.80. The van der Waals surface area contributed by atoms with Gasteiger partial charge in [-0.1, -0.05) is 26.2 Å². The van der Waals surface area contributed by atoms with Crippen molar-refractivity contribution in [1.29, 1.82) is 0 Å². The maximum atomic E-state index is 12.5. The monoisotopic (exact) mass is 282 g/mol. The fraction of sp³-hybridized carbons (Fsp3) is 0.867. The summed E-state index contributed by atoms with van der Waals surface area (Å²) in [7, 11) is 1.78. The molecule has 1 N–H and O–H groups in total. The highest BCUT2D eigenvalue weighted by Crippen LogP contribution is 2.42. The third-order valence-electron chi connectivity index (χ3n) is 4.81. The van der Waals surface area contributed by atoms with Crippen molar-refractivity contribution in [2.75, 3.05) is 20.1 Å². The van der Waals surface area contributed by atoms with E-state index in [2.05, 4.69) is 6.92 Å². The van der Waals surface area contributed by atoms with Gasteiger partial charge in [0.05, 0.1) is 0 Å². The zero-order valence-corrected chi connectivity index (χ0v) is 12.5. The predicted octanol–water partition coefficient (Wildman–Crippen LogP) is 2.41. The Kier molecular flexibility index (Phi) is 4.89. The van der Waals surface area contributed by atoms with E-state index >= 15 is 0 Å². The Bertz CT molecular complexity index is 372. The summed E-state index contributed by atoms with van der Waals surface area (Å²) < 4.78 is 0. The number of carbonyl (C=O) groups is 2. The number of fused-ring (bicyclic) bond motifs is 1. The standard InChI is InChI=1S/C15H26N2O3/c1-3-4-5-9-16(2)15(20)17-10-11-7-6-8-12(11)13(17)14(18)19/h11-13H,3-10H2,1-2H3,(H,18,19). The Hall–Kier alpha value is -1.26. The number of unbranched alkanes of at least 4 members (excludes halogenated alkanes) is 2. The van der Waals surface area contributed by atoms with Crippen LogP contribution in [-0.4, -0.2) is 53.1 Å². The van der Waals surface area contributed by atoms with Gasteiger partial charge < -0.3 is 14.9 Å². The lowest BCUT2D eigenvalue weighted by Gasteiger charge is -2.29. The number of carbonyl (C=O) groups excluding carboxylic acids is 1. The smallest absolute Gasteiger partial charge is 0.326 e. The largest absolute Gasteiger partial charge is 0.480 e. The van der Waals surface area contributed by atoms with Crippen LogP contribution >= 0.6 is 0 Å². The number of hydrogen-bond acceptors (Lipinski definition) is 2. The van der Waals surface area contributed by atoms with Crippen molar-refractivity contribution in [2.24, 2.45) is 11.8 Å². The molecule has 1 aliphatic carbocycles. The molecule has 5 heteroatoms. The van der Waals surface area contributed by atoms with Crippen molar-refractivity contribution in [2.45, 2.75) is 51.5 Å². The molecule has 3 unspecified atom stereocenters. The van der Waals surface area contributed by atoms with Gasteiger partial charge in [-0.15, -0.1) is 0 Å². The molecule has 3 atom stereocenters. The highest BCUT2D eigenvalue weighted by Gasteiger charge is 2.50. The molecular weight excluding hydrogens is 256 g/mol. The number of amides is 2. The van der Waals surface area contributed by atoms with Gasteiger partial charge in [0.15, 0.2) is 0 Å². The van der Waals surface area contributed by atoms with Gasteiger partial charge in [-0.3, -0.25) is 0 Å². The van der Waals surface area contributed by atoms with Crippen LogP contribution in [-0.2, 0) is 4.79 Å². The minimum atomic E-state index is -0.838. The molecule has 2 amide bonds. The molecule has 1 saturated carbocycles. The molecule has 2 aliphatic rings. The molecule has 20 heavy (non-hydrogen) atoms. The Morgan fingerprint density at radius 2 is 2.05 bits per heavy atom. The number of carboxylic acid groups (broad SMARTS) is 1. The van der Waals surface area contributed by atoms with E-state index < -0.39 is 12.0 Å². The second-order valence-electron chi connectivity index (χ2n) is 6.20. The zero-order chi connectivity index (χ0) is 14.7. The Morgan fingerprint density at radius 3 is 2.70 bits per heavy atom. The lowest BCUT2D eigenvalue weighted by molar-refractivity contribution is -0.142. The molecule has 1 saturated heterocycles. The predicted molar refractivity (Wildman–Crippen MR) is 76.5 cm³/mol. The molecule has 0 aromatic carbocycles. The van der Waals surface area contributed by atoms with Crippen LogP contribution in [0.15, 0.2) is 0 Å². The maximum absolute atomic E-state index is 12.5. The molecule has 0 radical (unpaired) electrons. The van der Waals surface area contributed by atoms with Crippen molar-refractivity contribution < 1.29 is 14.7 Å². The van der Waals surface area contributed by atoms with Crippen LogP contribution in [0.4, 0.5) is 4.79 Å². The van der Waals surface area contributed by atoms with Crippen LogP contribution < -0.4 is 0 Å². The minimum Gasteiger partial charge on any atom is -0.480 e. The lowest BCUT2D eigenvalue weighted by Crippen LogP contribution is -2.48. The lowest BCUT2D eigenvalue weighted by atomic mass is 9.94. The van der Waals surface area contributed by atoms with E-state index in [0.717, 1.165) is 38.5 Å².